The van der Waals surface area contributed by atoms with Gasteiger partial charge in [0.25, 0.3) is 0 Å². The van der Waals surface area contributed by atoms with E-state index in [4.69, 9.17) is 5.11 Å². The maximum absolute atomic E-state index is 11.9. The summed E-state index contributed by atoms with van der Waals surface area (Å²) in [6.07, 6.45) is 6.06. The van der Waals surface area contributed by atoms with Crippen molar-refractivity contribution in [3.05, 3.63) is 11.1 Å². The van der Waals surface area contributed by atoms with E-state index in [2.05, 4.69) is 5.32 Å². The van der Waals surface area contributed by atoms with Gasteiger partial charge in [-0.3, -0.25) is 4.79 Å². The van der Waals surface area contributed by atoms with Gasteiger partial charge in [0.2, 0.25) is 5.91 Å². The molecule has 0 aromatic carbocycles. The Morgan fingerprint density at radius 3 is 2.17 bits per heavy atom. The van der Waals surface area contributed by atoms with Crippen molar-refractivity contribution in [3.63, 3.8) is 0 Å². The van der Waals surface area contributed by atoms with E-state index in [1.165, 1.54) is 26.2 Å². The zero-order valence-corrected chi connectivity index (χ0v) is 11.5. The Hall–Kier alpha value is -1.32. The lowest BCUT2D eigenvalue weighted by molar-refractivity contribution is -0.133. The largest absolute Gasteiger partial charge is 0.478 e. The van der Waals surface area contributed by atoms with Crippen molar-refractivity contribution in [1.82, 2.24) is 5.32 Å². The van der Waals surface area contributed by atoms with Crippen LogP contribution in [0.15, 0.2) is 11.1 Å². The second kappa shape index (κ2) is 6.57. The molecular weight excluding hydrogens is 230 g/mol. The third kappa shape index (κ3) is 3.86. The third-order valence-corrected chi connectivity index (χ3v) is 3.94. The zero-order chi connectivity index (χ0) is 13.7. The Morgan fingerprint density at radius 2 is 1.67 bits per heavy atom. The van der Waals surface area contributed by atoms with Crippen LogP contribution >= 0.6 is 0 Å². The van der Waals surface area contributed by atoms with Crippen LogP contribution in [0, 0.1) is 5.92 Å². The molecule has 0 spiro atoms. The first-order chi connectivity index (χ1) is 8.43. The summed E-state index contributed by atoms with van der Waals surface area (Å²) in [6.45, 7) is 5.03. The summed E-state index contributed by atoms with van der Waals surface area (Å²) in [7, 11) is 0. The van der Waals surface area contributed by atoms with E-state index >= 15 is 0 Å². The molecule has 0 aromatic rings. The molecular formula is C14H23NO3. The first-order valence-corrected chi connectivity index (χ1v) is 6.65. The second-order valence-electron chi connectivity index (χ2n) is 5.22. The number of aliphatic carboxylic acids is 1. The van der Waals surface area contributed by atoms with Gasteiger partial charge in [0, 0.05) is 17.2 Å². The SMILES string of the molecule is CC(C(=O)O)=C(C)C(=O)N[C@@H](C)C1CCCCC1. The van der Waals surface area contributed by atoms with Crippen molar-refractivity contribution in [2.24, 2.45) is 5.92 Å². The lowest BCUT2D eigenvalue weighted by Gasteiger charge is -2.28. The van der Waals surface area contributed by atoms with Gasteiger partial charge < -0.3 is 10.4 Å². The van der Waals surface area contributed by atoms with E-state index in [1.807, 2.05) is 6.92 Å². The summed E-state index contributed by atoms with van der Waals surface area (Å²) in [4.78, 5) is 22.7. The molecule has 102 valence electrons. The number of rotatable bonds is 4. The first-order valence-electron chi connectivity index (χ1n) is 6.65. The highest BCUT2D eigenvalue weighted by Gasteiger charge is 2.22. The van der Waals surface area contributed by atoms with E-state index < -0.39 is 5.97 Å². The second-order valence-corrected chi connectivity index (χ2v) is 5.22. The van der Waals surface area contributed by atoms with Crippen LogP contribution in [0.2, 0.25) is 0 Å². The number of hydrogen-bond donors (Lipinski definition) is 2. The van der Waals surface area contributed by atoms with Crippen LogP contribution in [-0.2, 0) is 9.59 Å². The van der Waals surface area contributed by atoms with Gasteiger partial charge in [-0.1, -0.05) is 19.3 Å². The highest BCUT2D eigenvalue weighted by molar-refractivity contribution is 6.01. The number of carbonyl (C=O) groups is 2. The molecule has 2 N–H and O–H groups in total. The monoisotopic (exact) mass is 253 g/mol. The lowest BCUT2D eigenvalue weighted by Crippen LogP contribution is -2.39. The van der Waals surface area contributed by atoms with Crippen LogP contribution in [0.4, 0.5) is 0 Å². The molecule has 0 bridgehead atoms. The van der Waals surface area contributed by atoms with Gasteiger partial charge >= 0.3 is 5.97 Å². The molecule has 1 aliphatic carbocycles. The van der Waals surface area contributed by atoms with Crippen molar-refractivity contribution in [3.8, 4) is 0 Å². The van der Waals surface area contributed by atoms with Crippen LogP contribution in [0.5, 0.6) is 0 Å². The van der Waals surface area contributed by atoms with Crippen molar-refractivity contribution >= 4 is 11.9 Å². The Labute approximate surface area is 108 Å². The van der Waals surface area contributed by atoms with E-state index in [0.29, 0.717) is 11.5 Å². The Balaban J connectivity index is 2.58. The molecule has 0 heterocycles. The highest BCUT2D eigenvalue weighted by Crippen LogP contribution is 2.26. The quantitative estimate of drug-likeness (QED) is 0.756. The fourth-order valence-corrected chi connectivity index (χ4v) is 2.40. The van der Waals surface area contributed by atoms with Crippen molar-refractivity contribution in [2.75, 3.05) is 0 Å². The van der Waals surface area contributed by atoms with E-state index in [0.717, 1.165) is 12.8 Å². The molecule has 0 aromatic heterocycles. The molecule has 0 radical (unpaired) electrons. The topological polar surface area (TPSA) is 66.4 Å². The molecule has 4 heteroatoms. The van der Waals surface area contributed by atoms with Crippen molar-refractivity contribution in [1.29, 1.82) is 0 Å². The van der Waals surface area contributed by atoms with E-state index in [1.54, 1.807) is 6.92 Å². The summed E-state index contributed by atoms with van der Waals surface area (Å²) in [6, 6.07) is 0.120. The molecule has 0 unspecified atom stereocenters. The smallest absolute Gasteiger partial charge is 0.331 e. The number of carboxylic acids is 1. The average Bonchev–Trinajstić information content (AvgIpc) is 2.37. The molecule has 0 aliphatic heterocycles. The molecule has 1 rings (SSSR count). The van der Waals surface area contributed by atoms with Crippen LogP contribution < -0.4 is 5.32 Å². The number of carbonyl (C=O) groups excluding carboxylic acids is 1. The Kier molecular flexibility index (Phi) is 5.38. The predicted octanol–water partition coefficient (Wildman–Crippen LogP) is 2.49. The normalized spacial score (nSPS) is 19.9. The van der Waals surface area contributed by atoms with Gasteiger partial charge in [-0.25, -0.2) is 4.79 Å². The van der Waals surface area contributed by atoms with Gasteiger partial charge in [-0.15, -0.1) is 0 Å². The summed E-state index contributed by atoms with van der Waals surface area (Å²) in [5.41, 5.74) is 0.411. The number of nitrogens with one attached hydrogen (secondary N) is 1. The van der Waals surface area contributed by atoms with Gasteiger partial charge in [-0.2, -0.15) is 0 Å². The molecule has 1 aliphatic rings. The summed E-state index contributed by atoms with van der Waals surface area (Å²) < 4.78 is 0. The highest BCUT2D eigenvalue weighted by atomic mass is 16.4. The van der Waals surface area contributed by atoms with E-state index in [-0.39, 0.29) is 17.5 Å². The minimum absolute atomic E-state index is 0.114. The van der Waals surface area contributed by atoms with E-state index in [9.17, 15) is 9.59 Å². The summed E-state index contributed by atoms with van der Waals surface area (Å²) in [5.74, 6) is -0.762. The van der Waals surface area contributed by atoms with Crippen LogP contribution in [-0.4, -0.2) is 23.0 Å². The van der Waals surface area contributed by atoms with Crippen LogP contribution in [0.25, 0.3) is 0 Å². The standard InChI is InChI=1S/C14H23NO3/c1-9(10(2)14(17)18)13(16)15-11(3)12-7-5-4-6-8-12/h11-12H,4-8H2,1-3H3,(H,15,16)(H,17,18)/t11-/m0/s1. The molecule has 18 heavy (non-hydrogen) atoms. The molecule has 1 amide bonds. The first kappa shape index (κ1) is 14.7. The molecule has 4 nitrogen and oxygen atoms in total. The van der Waals surface area contributed by atoms with Crippen LogP contribution in [0.3, 0.4) is 0 Å². The van der Waals surface area contributed by atoms with Gasteiger partial charge in [0.05, 0.1) is 0 Å². The van der Waals surface area contributed by atoms with Crippen molar-refractivity contribution in [2.45, 2.75) is 58.9 Å². The average molecular weight is 253 g/mol. The molecule has 1 fully saturated rings. The van der Waals surface area contributed by atoms with Crippen LogP contribution in [0.1, 0.15) is 52.9 Å². The summed E-state index contributed by atoms with van der Waals surface area (Å²) in [5, 5.41) is 11.8. The maximum Gasteiger partial charge on any atom is 0.331 e. The maximum atomic E-state index is 11.9. The molecule has 1 atom stereocenters. The predicted molar refractivity (Wildman–Crippen MR) is 70.2 cm³/mol. The Morgan fingerprint density at radius 1 is 1.11 bits per heavy atom. The number of amides is 1. The van der Waals surface area contributed by atoms with Gasteiger partial charge in [0.15, 0.2) is 0 Å². The fraction of sp³-hybridized carbons (Fsp3) is 0.714. The Bertz CT molecular complexity index is 354. The number of hydrogen-bond acceptors (Lipinski definition) is 2. The molecule has 1 saturated carbocycles. The zero-order valence-electron chi connectivity index (χ0n) is 11.5. The molecule has 0 saturated heterocycles. The minimum atomic E-state index is -1.03. The lowest BCUT2D eigenvalue weighted by atomic mass is 9.84. The minimum Gasteiger partial charge on any atom is -0.478 e. The fourth-order valence-electron chi connectivity index (χ4n) is 2.40. The third-order valence-electron chi connectivity index (χ3n) is 3.94. The number of carboxylic acid groups (broad SMARTS) is 1. The van der Waals surface area contributed by atoms with Crippen molar-refractivity contribution < 1.29 is 14.7 Å². The van der Waals surface area contributed by atoms with Gasteiger partial charge in [-0.05, 0) is 39.5 Å². The van der Waals surface area contributed by atoms with Gasteiger partial charge in [0.1, 0.15) is 0 Å². The summed E-state index contributed by atoms with van der Waals surface area (Å²) >= 11 is 0.